The second-order valence-corrected chi connectivity index (χ2v) is 6.54. The van der Waals surface area contributed by atoms with Gasteiger partial charge in [-0.3, -0.25) is 5.32 Å². The molecule has 128 valence electrons. The summed E-state index contributed by atoms with van der Waals surface area (Å²) in [7, 11) is 0. The lowest BCUT2D eigenvalue weighted by molar-refractivity contribution is -0.896. The Bertz CT molecular complexity index is 631. The molecule has 0 aliphatic rings. The van der Waals surface area contributed by atoms with Gasteiger partial charge in [-0.15, -0.1) is 0 Å². The van der Waals surface area contributed by atoms with Gasteiger partial charge in [0, 0.05) is 18.0 Å². The van der Waals surface area contributed by atoms with Crippen LogP contribution in [-0.2, 0) is 0 Å². The van der Waals surface area contributed by atoms with Crippen molar-refractivity contribution in [2.45, 2.75) is 20.3 Å². The fourth-order valence-corrected chi connectivity index (χ4v) is 3.37. The number of thiazole rings is 1. The molecule has 0 atom stereocenters. The second-order valence-electron chi connectivity index (χ2n) is 5.07. The number of nitrogens with zero attached hydrogens (tertiary/aromatic N) is 1. The van der Waals surface area contributed by atoms with E-state index in [2.05, 4.69) is 29.5 Å². The van der Waals surface area contributed by atoms with Crippen molar-refractivity contribution in [2.75, 3.05) is 31.5 Å². The third kappa shape index (κ3) is 6.14. The summed E-state index contributed by atoms with van der Waals surface area (Å²) < 4.78 is 0.966. The molecule has 3 N–H and O–H groups in total. The highest BCUT2D eigenvalue weighted by Gasteiger charge is 2.08. The summed E-state index contributed by atoms with van der Waals surface area (Å²) in [6, 6.07) is 5.29. The number of halogens is 2. The number of nitrogens with one attached hydrogen (secondary N) is 3. The molecule has 23 heavy (non-hydrogen) atoms. The summed E-state index contributed by atoms with van der Waals surface area (Å²) in [6.45, 7) is 8.35. The quantitative estimate of drug-likeness (QED) is 0.564. The average molecular weight is 377 g/mol. The van der Waals surface area contributed by atoms with E-state index in [1.165, 1.54) is 11.3 Å². The van der Waals surface area contributed by atoms with Crippen LogP contribution in [0.15, 0.2) is 18.2 Å². The molecule has 2 aromatic rings. The fourth-order valence-electron chi connectivity index (χ4n) is 2.24. The van der Waals surface area contributed by atoms with E-state index in [0.717, 1.165) is 36.3 Å². The number of rotatable bonds is 7. The molecular formula is C15H22Cl2N4OS. The van der Waals surface area contributed by atoms with Gasteiger partial charge in [-0.1, -0.05) is 22.9 Å². The molecule has 0 aliphatic carbocycles. The topological polar surface area (TPSA) is 58.5 Å². The van der Waals surface area contributed by atoms with Gasteiger partial charge in [-0.25, -0.2) is 9.78 Å². The molecule has 0 fully saturated rings. The number of anilines is 1. The van der Waals surface area contributed by atoms with Crippen molar-refractivity contribution in [3.63, 3.8) is 0 Å². The maximum Gasteiger partial charge on any atom is 0.321 e. The number of quaternary nitrogens is 1. The van der Waals surface area contributed by atoms with Crippen LogP contribution in [0.3, 0.4) is 0 Å². The SMILES string of the molecule is CC[NH+](CC)CCCNC(=O)Nc1nc2ccc(Cl)cc2s1.[Cl-]. The number of hydrogen-bond donors (Lipinski definition) is 3. The lowest BCUT2D eigenvalue weighted by Crippen LogP contribution is -3.11. The normalized spacial score (nSPS) is 10.6. The number of aromatic nitrogens is 1. The molecule has 5 nitrogen and oxygen atoms in total. The first-order valence-corrected chi connectivity index (χ1v) is 8.76. The number of carbonyl (C=O) groups is 1. The fraction of sp³-hybridized carbons (Fsp3) is 0.467. The highest BCUT2D eigenvalue weighted by molar-refractivity contribution is 7.22. The van der Waals surface area contributed by atoms with Gasteiger partial charge in [0.05, 0.1) is 29.9 Å². The van der Waals surface area contributed by atoms with Crippen LogP contribution in [0.25, 0.3) is 10.2 Å². The van der Waals surface area contributed by atoms with Crippen LogP contribution < -0.4 is 27.9 Å². The summed E-state index contributed by atoms with van der Waals surface area (Å²) in [6.07, 6.45) is 0.972. The average Bonchev–Trinajstić information content (AvgIpc) is 2.88. The number of urea groups is 1. The number of carbonyl (C=O) groups excluding carboxylic acids is 1. The van der Waals surface area contributed by atoms with Gasteiger partial charge in [-0.2, -0.15) is 0 Å². The van der Waals surface area contributed by atoms with E-state index in [4.69, 9.17) is 11.6 Å². The third-order valence-corrected chi connectivity index (χ3v) is 4.73. The Morgan fingerprint density at radius 2 is 2.09 bits per heavy atom. The van der Waals surface area contributed by atoms with Crippen LogP contribution in [0.1, 0.15) is 20.3 Å². The van der Waals surface area contributed by atoms with E-state index in [0.29, 0.717) is 16.7 Å². The number of amides is 2. The Kier molecular flexibility index (Phi) is 8.62. The molecule has 0 unspecified atom stereocenters. The standard InChI is InChI=1S/C15H21ClN4OS.ClH/c1-3-20(4-2)9-5-8-17-14(21)19-15-18-12-7-6-11(16)10-13(12)22-15;/h6-7,10H,3-5,8-9H2,1-2H3,(H2,17,18,19,21);1H. The van der Waals surface area contributed by atoms with Crippen LogP contribution in [-0.4, -0.2) is 37.2 Å². The summed E-state index contributed by atoms with van der Waals surface area (Å²) in [4.78, 5) is 17.8. The lowest BCUT2D eigenvalue weighted by atomic mass is 10.3. The summed E-state index contributed by atoms with van der Waals surface area (Å²) in [5, 5.41) is 6.90. The minimum Gasteiger partial charge on any atom is -1.00 e. The Balaban J connectivity index is 0.00000264. The van der Waals surface area contributed by atoms with Crippen LogP contribution >= 0.6 is 22.9 Å². The van der Waals surface area contributed by atoms with Gasteiger partial charge < -0.3 is 22.6 Å². The van der Waals surface area contributed by atoms with Crippen molar-refractivity contribution in [1.82, 2.24) is 10.3 Å². The molecule has 0 spiro atoms. The zero-order valence-corrected chi connectivity index (χ0v) is 15.6. The molecule has 2 amide bonds. The van der Waals surface area contributed by atoms with Crippen LogP contribution in [0.2, 0.25) is 5.02 Å². The minimum atomic E-state index is -0.209. The third-order valence-electron chi connectivity index (χ3n) is 3.56. The molecule has 2 rings (SSSR count). The summed E-state index contributed by atoms with van der Waals surface area (Å²) in [5.74, 6) is 0. The van der Waals surface area contributed by atoms with Gasteiger partial charge in [0.1, 0.15) is 0 Å². The van der Waals surface area contributed by atoms with Gasteiger partial charge in [0.25, 0.3) is 0 Å². The molecule has 0 radical (unpaired) electrons. The molecule has 0 saturated heterocycles. The highest BCUT2D eigenvalue weighted by Crippen LogP contribution is 2.28. The van der Waals surface area contributed by atoms with E-state index < -0.39 is 0 Å². The number of fused-ring (bicyclic) bond motifs is 1. The first-order chi connectivity index (χ1) is 10.6. The molecule has 8 heteroatoms. The van der Waals surface area contributed by atoms with E-state index in [9.17, 15) is 4.79 Å². The van der Waals surface area contributed by atoms with Gasteiger partial charge >= 0.3 is 6.03 Å². The Morgan fingerprint density at radius 1 is 1.35 bits per heavy atom. The monoisotopic (exact) mass is 376 g/mol. The maximum atomic E-state index is 11.9. The first kappa shape index (κ1) is 20.0. The van der Waals surface area contributed by atoms with Crippen LogP contribution in [0.5, 0.6) is 0 Å². The molecule has 1 aromatic heterocycles. The molecule has 0 bridgehead atoms. The number of benzene rings is 1. The molecule has 1 heterocycles. The zero-order chi connectivity index (χ0) is 15.9. The second kappa shape index (κ2) is 9.93. The van der Waals surface area contributed by atoms with Gasteiger partial charge in [-0.05, 0) is 32.0 Å². The first-order valence-electron chi connectivity index (χ1n) is 7.57. The van der Waals surface area contributed by atoms with E-state index >= 15 is 0 Å². The van der Waals surface area contributed by atoms with Crippen molar-refractivity contribution in [2.24, 2.45) is 0 Å². The predicted octanol–water partition coefficient (Wildman–Crippen LogP) is -0.610. The maximum absolute atomic E-state index is 11.9. The van der Waals surface area contributed by atoms with E-state index in [1.54, 1.807) is 11.0 Å². The van der Waals surface area contributed by atoms with E-state index in [-0.39, 0.29) is 18.4 Å². The van der Waals surface area contributed by atoms with Crippen molar-refractivity contribution < 1.29 is 22.1 Å². The van der Waals surface area contributed by atoms with Gasteiger partial charge in [0.15, 0.2) is 5.13 Å². The molecular weight excluding hydrogens is 355 g/mol. The summed E-state index contributed by atoms with van der Waals surface area (Å²) in [5.41, 5.74) is 0.842. The Hall–Kier alpha value is -1.08. The molecule has 1 aromatic carbocycles. The van der Waals surface area contributed by atoms with Crippen molar-refractivity contribution in [3.8, 4) is 0 Å². The summed E-state index contributed by atoms with van der Waals surface area (Å²) >= 11 is 7.36. The molecule has 0 saturated carbocycles. The Morgan fingerprint density at radius 3 is 2.78 bits per heavy atom. The zero-order valence-electron chi connectivity index (χ0n) is 13.3. The van der Waals surface area contributed by atoms with Crippen molar-refractivity contribution in [1.29, 1.82) is 0 Å². The predicted molar refractivity (Wildman–Crippen MR) is 93.2 cm³/mol. The van der Waals surface area contributed by atoms with Gasteiger partial charge in [0.2, 0.25) is 0 Å². The lowest BCUT2D eigenvalue weighted by Gasteiger charge is -2.15. The van der Waals surface area contributed by atoms with E-state index in [1.807, 2.05) is 12.1 Å². The number of hydrogen-bond acceptors (Lipinski definition) is 3. The van der Waals surface area contributed by atoms with Crippen LogP contribution in [0, 0.1) is 0 Å². The largest absolute Gasteiger partial charge is 1.00 e. The van der Waals surface area contributed by atoms with Crippen LogP contribution in [0.4, 0.5) is 9.93 Å². The highest BCUT2D eigenvalue weighted by atomic mass is 35.5. The van der Waals surface area contributed by atoms with Crippen molar-refractivity contribution >= 4 is 44.3 Å². The van der Waals surface area contributed by atoms with Crippen molar-refractivity contribution in [3.05, 3.63) is 23.2 Å². The smallest absolute Gasteiger partial charge is 0.321 e. The minimum absolute atomic E-state index is 0. The Labute approximate surface area is 151 Å². The molecule has 0 aliphatic heterocycles.